The average Bonchev–Trinajstić information content (AvgIpc) is 3.25. The fraction of sp³-hybridized carbons (Fsp3) is 0.261. The molecule has 1 amide bonds. The Morgan fingerprint density at radius 3 is 2.29 bits per heavy atom. The summed E-state index contributed by atoms with van der Waals surface area (Å²) >= 11 is 0. The molecule has 3 aromatic rings. The molecular weight excluding hydrogens is 419 g/mol. The van der Waals surface area contributed by atoms with Gasteiger partial charge in [-0.2, -0.15) is 4.31 Å². The summed E-state index contributed by atoms with van der Waals surface area (Å²) in [6.07, 6.45) is 0. The maximum absolute atomic E-state index is 13.1. The van der Waals surface area contributed by atoms with Crippen LogP contribution < -0.4 is 0 Å². The minimum atomic E-state index is -3.62. The third-order valence-electron chi connectivity index (χ3n) is 5.43. The number of nitrogens with zero attached hydrogens (tertiary/aromatic N) is 2. The Labute approximate surface area is 180 Å². The van der Waals surface area contributed by atoms with E-state index < -0.39 is 10.0 Å². The number of benzene rings is 2. The van der Waals surface area contributed by atoms with E-state index in [0.717, 1.165) is 5.56 Å². The van der Waals surface area contributed by atoms with Crippen LogP contribution in [0.25, 0.3) is 11.3 Å². The number of rotatable bonds is 4. The highest BCUT2D eigenvalue weighted by molar-refractivity contribution is 7.89. The van der Waals surface area contributed by atoms with Crippen LogP contribution in [0.4, 0.5) is 4.39 Å². The lowest BCUT2D eigenvalue weighted by Crippen LogP contribution is -2.50. The number of hydrogen-bond acceptors (Lipinski definition) is 4. The summed E-state index contributed by atoms with van der Waals surface area (Å²) in [5.41, 5.74) is 2.26. The van der Waals surface area contributed by atoms with E-state index in [1.54, 1.807) is 48.2 Å². The Morgan fingerprint density at radius 1 is 0.935 bits per heavy atom. The number of aryl methyl sites for hydroxylation is 2. The van der Waals surface area contributed by atoms with Gasteiger partial charge in [-0.25, -0.2) is 12.8 Å². The summed E-state index contributed by atoms with van der Waals surface area (Å²) in [5, 5.41) is 0. The van der Waals surface area contributed by atoms with Crippen LogP contribution in [0, 0.1) is 19.7 Å². The molecule has 0 bridgehead atoms. The maximum atomic E-state index is 13.1. The quantitative estimate of drug-likeness (QED) is 0.615. The molecule has 2 heterocycles. The molecule has 4 rings (SSSR count). The molecule has 0 radical (unpaired) electrons. The first-order chi connectivity index (χ1) is 14.8. The molecule has 0 aliphatic carbocycles. The second-order valence-corrected chi connectivity index (χ2v) is 9.54. The van der Waals surface area contributed by atoms with Gasteiger partial charge in [-0.05, 0) is 67.4 Å². The van der Waals surface area contributed by atoms with Crippen molar-refractivity contribution in [1.82, 2.24) is 9.21 Å². The number of halogens is 1. The fourth-order valence-electron chi connectivity index (χ4n) is 3.63. The van der Waals surface area contributed by atoms with Crippen molar-refractivity contribution in [2.24, 2.45) is 0 Å². The summed E-state index contributed by atoms with van der Waals surface area (Å²) < 4.78 is 46.3. The normalized spacial score (nSPS) is 15.3. The van der Waals surface area contributed by atoms with E-state index in [1.165, 1.54) is 16.4 Å². The summed E-state index contributed by atoms with van der Waals surface area (Å²) in [5.74, 6) is 0.00193. The molecule has 8 heteroatoms. The average molecular weight is 443 g/mol. The second-order valence-electron chi connectivity index (χ2n) is 7.64. The lowest BCUT2D eigenvalue weighted by Gasteiger charge is -2.33. The Hall–Kier alpha value is -2.97. The van der Waals surface area contributed by atoms with Crippen molar-refractivity contribution in [2.45, 2.75) is 18.7 Å². The van der Waals surface area contributed by atoms with E-state index in [1.807, 2.05) is 13.0 Å². The SMILES string of the molecule is Cc1ccc(C)c(S(=O)(=O)N2CCN(C(=O)c3ccc(-c4ccc(F)cc4)o3)CC2)c1. The predicted molar refractivity (Wildman–Crippen MR) is 115 cm³/mol. The van der Waals surface area contributed by atoms with Gasteiger partial charge >= 0.3 is 0 Å². The Morgan fingerprint density at radius 2 is 1.61 bits per heavy atom. The summed E-state index contributed by atoms with van der Waals surface area (Å²) in [6, 6.07) is 14.4. The molecule has 2 aromatic carbocycles. The lowest BCUT2D eigenvalue weighted by atomic mass is 10.2. The number of piperazine rings is 1. The van der Waals surface area contributed by atoms with Gasteiger partial charge in [0, 0.05) is 31.7 Å². The summed E-state index contributed by atoms with van der Waals surface area (Å²) in [7, 11) is -3.62. The molecule has 1 aliphatic heterocycles. The number of furan rings is 1. The van der Waals surface area contributed by atoms with Crippen molar-refractivity contribution in [3.8, 4) is 11.3 Å². The van der Waals surface area contributed by atoms with Crippen molar-refractivity contribution < 1.29 is 22.0 Å². The predicted octanol–water partition coefficient (Wildman–Crippen LogP) is 3.85. The Kier molecular flexibility index (Phi) is 5.68. The third-order valence-corrected chi connectivity index (χ3v) is 7.47. The number of carbonyl (C=O) groups excluding carboxylic acids is 1. The monoisotopic (exact) mass is 442 g/mol. The molecule has 31 heavy (non-hydrogen) atoms. The van der Waals surface area contributed by atoms with Crippen LogP contribution in [0.15, 0.2) is 63.9 Å². The molecule has 0 spiro atoms. The van der Waals surface area contributed by atoms with E-state index in [2.05, 4.69) is 0 Å². The van der Waals surface area contributed by atoms with Gasteiger partial charge in [0.15, 0.2) is 5.76 Å². The van der Waals surface area contributed by atoms with Gasteiger partial charge in [-0.3, -0.25) is 4.79 Å². The molecule has 6 nitrogen and oxygen atoms in total. The van der Waals surface area contributed by atoms with E-state index >= 15 is 0 Å². The maximum Gasteiger partial charge on any atom is 0.289 e. The third kappa shape index (κ3) is 4.26. The highest BCUT2D eigenvalue weighted by Gasteiger charge is 2.32. The molecule has 1 aromatic heterocycles. The summed E-state index contributed by atoms with van der Waals surface area (Å²) in [6.45, 7) is 4.62. The van der Waals surface area contributed by atoms with Crippen molar-refractivity contribution in [1.29, 1.82) is 0 Å². The highest BCUT2D eigenvalue weighted by atomic mass is 32.2. The van der Waals surface area contributed by atoms with Crippen LogP contribution in [0.1, 0.15) is 21.7 Å². The summed E-state index contributed by atoms with van der Waals surface area (Å²) in [4.78, 5) is 14.7. The zero-order chi connectivity index (χ0) is 22.2. The van der Waals surface area contributed by atoms with Gasteiger partial charge < -0.3 is 9.32 Å². The van der Waals surface area contributed by atoms with Gasteiger partial charge in [0.25, 0.3) is 5.91 Å². The fourth-order valence-corrected chi connectivity index (χ4v) is 5.37. The molecule has 0 saturated carbocycles. The number of sulfonamides is 1. The van der Waals surface area contributed by atoms with Crippen LogP contribution >= 0.6 is 0 Å². The molecule has 0 unspecified atom stereocenters. The zero-order valence-corrected chi connectivity index (χ0v) is 18.2. The van der Waals surface area contributed by atoms with Gasteiger partial charge in [0.1, 0.15) is 11.6 Å². The first-order valence-corrected chi connectivity index (χ1v) is 11.4. The van der Waals surface area contributed by atoms with E-state index in [-0.39, 0.29) is 43.7 Å². The van der Waals surface area contributed by atoms with Crippen LogP contribution in [0.3, 0.4) is 0 Å². The molecule has 1 saturated heterocycles. The number of amides is 1. The Bertz CT molecular complexity index is 1210. The van der Waals surface area contributed by atoms with E-state index in [4.69, 9.17) is 4.42 Å². The molecule has 1 aliphatic rings. The van der Waals surface area contributed by atoms with Crippen molar-refractivity contribution >= 4 is 15.9 Å². The standard InChI is InChI=1S/C23H23FN2O4S/c1-16-3-4-17(2)22(15-16)31(28,29)26-13-11-25(12-14-26)23(27)21-10-9-20(30-21)18-5-7-19(24)8-6-18/h3-10,15H,11-14H2,1-2H3. The van der Waals surface area contributed by atoms with Gasteiger partial charge in [-0.15, -0.1) is 0 Å². The van der Waals surface area contributed by atoms with Crippen LogP contribution in [-0.2, 0) is 10.0 Å². The second kappa shape index (κ2) is 8.28. The molecular formula is C23H23FN2O4S. The molecule has 162 valence electrons. The number of hydrogen-bond donors (Lipinski definition) is 0. The van der Waals surface area contributed by atoms with E-state index in [9.17, 15) is 17.6 Å². The minimum Gasteiger partial charge on any atom is -0.451 e. The topological polar surface area (TPSA) is 70.8 Å². The largest absolute Gasteiger partial charge is 0.451 e. The van der Waals surface area contributed by atoms with Crippen LogP contribution in [-0.4, -0.2) is 49.7 Å². The van der Waals surface area contributed by atoms with Crippen molar-refractivity contribution in [3.63, 3.8) is 0 Å². The van der Waals surface area contributed by atoms with Crippen molar-refractivity contribution in [2.75, 3.05) is 26.2 Å². The number of carbonyl (C=O) groups is 1. The van der Waals surface area contributed by atoms with Gasteiger partial charge in [-0.1, -0.05) is 12.1 Å². The molecule has 0 atom stereocenters. The first-order valence-electron chi connectivity index (χ1n) is 9.98. The van der Waals surface area contributed by atoms with Gasteiger partial charge in [0.05, 0.1) is 4.90 Å². The molecule has 1 fully saturated rings. The first kappa shape index (κ1) is 21.3. The van der Waals surface area contributed by atoms with Crippen molar-refractivity contribution in [3.05, 3.63) is 77.3 Å². The smallest absolute Gasteiger partial charge is 0.289 e. The minimum absolute atomic E-state index is 0.171. The highest BCUT2D eigenvalue weighted by Crippen LogP contribution is 2.25. The zero-order valence-electron chi connectivity index (χ0n) is 17.3. The van der Waals surface area contributed by atoms with Crippen LogP contribution in [0.5, 0.6) is 0 Å². The van der Waals surface area contributed by atoms with Crippen LogP contribution in [0.2, 0.25) is 0 Å². The lowest BCUT2D eigenvalue weighted by molar-refractivity contribution is 0.0667. The molecule has 0 N–H and O–H groups in total. The Balaban J connectivity index is 1.45. The van der Waals surface area contributed by atoms with Gasteiger partial charge in [0.2, 0.25) is 10.0 Å². The van der Waals surface area contributed by atoms with E-state index in [0.29, 0.717) is 21.8 Å².